The van der Waals surface area contributed by atoms with Crippen molar-refractivity contribution in [3.8, 4) is 0 Å². The van der Waals surface area contributed by atoms with Gasteiger partial charge < -0.3 is 14.6 Å². The highest BCUT2D eigenvalue weighted by molar-refractivity contribution is 4.98. The maximum absolute atomic E-state index is 6.02. The zero-order valence-electron chi connectivity index (χ0n) is 11.1. The van der Waals surface area contributed by atoms with E-state index in [1.54, 1.807) is 0 Å². The van der Waals surface area contributed by atoms with Crippen LogP contribution in [0.5, 0.6) is 0 Å². The van der Waals surface area contributed by atoms with Crippen LogP contribution < -0.4 is 5.32 Å². The van der Waals surface area contributed by atoms with Crippen LogP contribution in [0.1, 0.15) is 37.8 Å². The fourth-order valence-corrected chi connectivity index (χ4v) is 2.84. The minimum atomic E-state index is 0.315. The molecule has 1 saturated heterocycles. The van der Waals surface area contributed by atoms with Crippen molar-refractivity contribution in [3.05, 3.63) is 11.6 Å². The number of aromatic nitrogens is 3. The van der Waals surface area contributed by atoms with E-state index in [1.807, 2.05) is 0 Å². The van der Waals surface area contributed by atoms with Crippen molar-refractivity contribution < 1.29 is 4.74 Å². The van der Waals surface area contributed by atoms with Crippen LogP contribution in [-0.2, 0) is 24.3 Å². The van der Waals surface area contributed by atoms with Crippen LogP contribution in [0.15, 0.2) is 0 Å². The highest BCUT2D eigenvalue weighted by Crippen LogP contribution is 2.18. The summed E-state index contributed by atoms with van der Waals surface area (Å²) in [4.78, 5) is 0. The zero-order valence-corrected chi connectivity index (χ0v) is 11.1. The van der Waals surface area contributed by atoms with E-state index in [2.05, 4.69) is 27.0 Å². The molecule has 5 nitrogen and oxygen atoms in total. The number of nitrogens with one attached hydrogen (secondary N) is 1. The van der Waals surface area contributed by atoms with Crippen LogP contribution in [0.3, 0.4) is 0 Å². The number of fused-ring (bicyclic) bond motifs is 1. The van der Waals surface area contributed by atoms with E-state index in [4.69, 9.17) is 4.74 Å². The van der Waals surface area contributed by atoms with Gasteiger partial charge in [-0.15, -0.1) is 10.2 Å². The molecular formula is C13H22N4O. The van der Waals surface area contributed by atoms with Crippen LogP contribution >= 0.6 is 0 Å². The van der Waals surface area contributed by atoms with Crippen molar-refractivity contribution in [3.63, 3.8) is 0 Å². The molecule has 0 aliphatic carbocycles. The third-order valence-electron chi connectivity index (χ3n) is 4.12. The predicted molar refractivity (Wildman–Crippen MR) is 68.2 cm³/mol. The minimum Gasteiger partial charge on any atom is -0.369 e. The quantitative estimate of drug-likeness (QED) is 0.873. The highest BCUT2D eigenvalue weighted by atomic mass is 16.5. The third kappa shape index (κ3) is 2.42. The molecule has 100 valence electrons. The molecule has 0 amide bonds. The maximum atomic E-state index is 6.02. The van der Waals surface area contributed by atoms with Gasteiger partial charge in [0.05, 0.1) is 6.10 Å². The second-order valence-electron chi connectivity index (χ2n) is 5.46. The molecule has 2 unspecified atom stereocenters. The zero-order chi connectivity index (χ0) is 12.4. The van der Waals surface area contributed by atoms with Crippen LogP contribution in [0.2, 0.25) is 0 Å². The summed E-state index contributed by atoms with van der Waals surface area (Å²) < 4.78 is 8.26. The Hall–Kier alpha value is -0.940. The lowest BCUT2D eigenvalue weighted by Gasteiger charge is -2.29. The first-order valence-electron chi connectivity index (χ1n) is 7.08. The molecule has 1 aromatic rings. The Balaban J connectivity index is 1.61. The van der Waals surface area contributed by atoms with Gasteiger partial charge in [0.25, 0.3) is 0 Å². The minimum absolute atomic E-state index is 0.315. The molecule has 1 aromatic heterocycles. The molecule has 0 saturated carbocycles. The number of rotatable bonds is 3. The average molecular weight is 250 g/mol. The van der Waals surface area contributed by atoms with Crippen molar-refractivity contribution in [2.24, 2.45) is 5.92 Å². The predicted octanol–water partition coefficient (Wildman–Crippen LogP) is 1.13. The fraction of sp³-hybridized carbons (Fsp3) is 0.846. The molecule has 0 spiro atoms. The van der Waals surface area contributed by atoms with Crippen molar-refractivity contribution in [1.82, 2.24) is 20.1 Å². The molecule has 0 bridgehead atoms. The van der Waals surface area contributed by atoms with E-state index in [0.29, 0.717) is 18.6 Å². The molecule has 0 aromatic carbocycles. The Morgan fingerprint density at radius 3 is 3.22 bits per heavy atom. The van der Waals surface area contributed by atoms with Gasteiger partial charge in [0.2, 0.25) is 0 Å². The first-order chi connectivity index (χ1) is 8.84. The SMILES string of the molecule is CC1CCNCC1OCc1nnc2n1CCCC2. The van der Waals surface area contributed by atoms with Gasteiger partial charge in [-0.2, -0.15) is 0 Å². The molecule has 3 heterocycles. The summed E-state index contributed by atoms with van der Waals surface area (Å²) in [5.41, 5.74) is 0. The smallest absolute Gasteiger partial charge is 0.159 e. The Kier molecular flexibility index (Phi) is 3.61. The number of ether oxygens (including phenoxy) is 1. The van der Waals surface area contributed by atoms with E-state index in [-0.39, 0.29) is 0 Å². The first-order valence-corrected chi connectivity index (χ1v) is 7.08. The summed E-state index contributed by atoms with van der Waals surface area (Å²) >= 11 is 0. The van der Waals surface area contributed by atoms with E-state index >= 15 is 0 Å². The summed E-state index contributed by atoms with van der Waals surface area (Å²) in [5, 5.41) is 11.9. The van der Waals surface area contributed by atoms with Gasteiger partial charge in [-0.1, -0.05) is 6.92 Å². The van der Waals surface area contributed by atoms with Gasteiger partial charge in [0, 0.05) is 19.5 Å². The lowest BCUT2D eigenvalue weighted by atomic mass is 9.97. The highest BCUT2D eigenvalue weighted by Gasteiger charge is 2.23. The third-order valence-corrected chi connectivity index (χ3v) is 4.12. The van der Waals surface area contributed by atoms with E-state index in [9.17, 15) is 0 Å². The second kappa shape index (κ2) is 5.36. The molecule has 18 heavy (non-hydrogen) atoms. The molecule has 2 atom stereocenters. The number of piperidine rings is 1. The van der Waals surface area contributed by atoms with Crippen LogP contribution in [-0.4, -0.2) is 34.0 Å². The van der Waals surface area contributed by atoms with Crippen molar-refractivity contribution in [1.29, 1.82) is 0 Å². The van der Waals surface area contributed by atoms with E-state index < -0.39 is 0 Å². The monoisotopic (exact) mass is 250 g/mol. The van der Waals surface area contributed by atoms with Gasteiger partial charge in [0.1, 0.15) is 12.4 Å². The topological polar surface area (TPSA) is 52.0 Å². The largest absolute Gasteiger partial charge is 0.369 e. The molecule has 1 fully saturated rings. The van der Waals surface area contributed by atoms with Crippen molar-refractivity contribution >= 4 is 0 Å². The molecule has 1 N–H and O–H groups in total. The number of hydrogen-bond acceptors (Lipinski definition) is 4. The fourth-order valence-electron chi connectivity index (χ4n) is 2.84. The summed E-state index contributed by atoms with van der Waals surface area (Å²) in [5.74, 6) is 2.77. The van der Waals surface area contributed by atoms with Gasteiger partial charge in [0.15, 0.2) is 5.82 Å². The molecule has 5 heteroatoms. The summed E-state index contributed by atoms with van der Waals surface area (Å²) in [6.07, 6.45) is 5.05. The summed E-state index contributed by atoms with van der Waals surface area (Å²) in [6.45, 7) is 6.00. The molecule has 0 radical (unpaired) electrons. The molecule has 2 aliphatic rings. The molecular weight excluding hydrogens is 228 g/mol. The van der Waals surface area contributed by atoms with Gasteiger partial charge in [-0.3, -0.25) is 0 Å². The number of nitrogens with zero attached hydrogens (tertiary/aromatic N) is 3. The second-order valence-corrected chi connectivity index (χ2v) is 5.46. The van der Waals surface area contributed by atoms with Crippen molar-refractivity contribution in [2.45, 2.75) is 51.9 Å². The Morgan fingerprint density at radius 1 is 1.39 bits per heavy atom. The Labute approximate surface area is 108 Å². The van der Waals surface area contributed by atoms with Crippen LogP contribution in [0.25, 0.3) is 0 Å². The first kappa shape index (κ1) is 12.1. The summed E-state index contributed by atoms with van der Waals surface area (Å²) in [7, 11) is 0. The van der Waals surface area contributed by atoms with Gasteiger partial charge >= 0.3 is 0 Å². The van der Waals surface area contributed by atoms with Crippen LogP contribution in [0.4, 0.5) is 0 Å². The van der Waals surface area contributed by atoms with Crippen LogP contribution in [0, 0.1) is 5.92 Å². The van der Waals surface area contributed by atoms with E-state index in [1.165, 1.54) is 19.3 Å². The normalized spacial score (nSPS) is 28.1. The maximum Gasteiger partial charge on any atom is 0.159 e. The summed E-state index contributed by atoms with van der Waals surface area (Å²) in [6, 6.07) is 0. The van der Waals surface area contributed by atoms with E-state index in [0.717, 1.165) is 37.7 Å². The lowest BCUT2D eigenvalue weighted by Crippen LogP contribution is -2.41. The standard InChI is InChI=1S/C13H22N4O/c1-10-5-6-14-8-11(10)18-9-13-16-15-12-4-2-3-7-17(12)13/h10-11,14H,2-9H2,1H3. The van der Waals surface area contributed by atoms with Gasteiger partial charge in [-0.25, -0.2) is 0 Å². The molecule has 2 aliphatic heterocycles. The Morgan fingerprint density at radius 2 is 2.33 bits per heavy atom. The Bertz CT molecular complexity index is 404. The number of aryl methyl sites for hydroxylation is 1. The van der Waals surface area contributed by atoms with Gasteiger partial charge in [-0.05, 0) is 31.7 Å². The van der Waals surface area contributed by atoms with Crippen molar-refractivity contribution in [2.75, 3.05) is 13.1 Å². The number of hydrogen-bond donors (Lipinski definition) is 1. The lowest BCUT2D eigenvalue weighted by molar-refractivity contribution is -0.0108. The average Bonchev–Trinajstić information content (AvgIpc) is 2.81. The molecule has 3 rings (SSSR count).